The van der Waals surface area contributed by atoms with Crippen LogP contribution in [-0.4, -0.2) is 25.4 Å². The number of carboxylic acid groups (broad SMARTS) is 1. The van der Waals surface area contributed by atoms with E-state index in [9.17, 15) is 9.90 Å². The highest BCUT2D eigenvalue weighted by molar-refractivity contribution is 5.88. The zero-order chi connectivity index (χ0) is 13.4. The minimum atomic E-state index is -1.07. The second-order valence-electron chi connectivity index (χ2n) is 4.27. The maximum Gasteiger partial charge on any atom is 0.372 e. The van der Waals surface area contributed by atoms with E-state index in [1.54, 1.807) is 18.5 Å². The highest BCUT2D eigenvalue weighted by Gasteiger charge is 2.18. The number of nitrogens with zero attached hydrogens (tertiary/aromatic N) is 3. The number of benzene rings is 1. The Morgan fingerprint density at radius 3 is 2.89 bits per heavy atom. The summed E-state index contributed by atoms with van der Waals surface area (Å²) in [5, 5.41) is 9.19. The summed E-state index contributed by atoms with van der Waals surface area (Å²) >= 11 is 0. The van der Waals surface area contributed by atoms with Crippen molar-refractivity contribution in [1.29, 1.82) is 0 Å². The number of fused-ring (bicyclic) bond motifs is 1. The Morgan fingerprint density at radius 1 is 1.32 bits per heavy atom. The van der Waals surface area contributed by atoms with Gasteiger partial charge in [-0.2, -0.15) is 0 Å². The molecule has 0 saturated heterocycles. The Hall–Kier alpha value is -2.69. The van der Waals surface area contributed by atoms with Gasteiger partial charge in [0.05, 0.1) is 0 Å². The van der Waals surface area contributed by atoms with Crippen molar-refractivity contribution in [3.8, 4) is 11.3 Å². The monoisotopic (exact) mass is 253 g/mol. The third-order valence-electron chi connectivity index (χ3n) is 2.89. The Labute approximate surface area is 109 Å². The molecule has 0 saturated carbocycles. The molecule has 0 radical (unpaired) electrons. The summed E-state index contributed by atoms with van der Waals surface area (Å²) in [5.74, 6) is -1.10. The molecule has 0 amide bonds. The second-order valence-corrected chi connectivity index (χ2v) is 4.27. The van der Waals surface area contributed by atoms with Crippen LogP contribution in [0.1, 0.15) is 16.2 Å². The molecule has 5 heteroatoms. The normalized spacial score (nSPS) is 10.8. The fourth-order valence-corrected chi connectivity index (χ4v) is 2.06. The lowest BCUT2D eigenvalue weighted by Gasteiger charge is -1.99. The lowest BCUT2D eigenvalue weighted by Crippen LogP contribution is -2.03. The van der Waals surface area contributed by atoms with Crippen LogP contribution in [0.25, 0.3) is 16.9 Å². The molecular weight excluding hydrogens is 242 g/mol. The van der Waals surface area contributed by atoms with Gasteiger partial charge in [-0.3, -0.25) is 4.40 Å². The van der Waals surface area contributed by atoms with Crippen LogP contribution in [0.5, 0.6) is 0 Å². The van der Waals surface area contributed by atoms with Gasteiger partial charge in [-0.05, 0) is 19.1 Å². The van der Waals surface area contributed by atoms with E-state index in [0.29, 0.717) is 11.3 Å². The number of hydrogen-bond donors (Lipinski definition) is 1. The maximum absolute atomic E-state index is 11.2. The van der Waals surface area contributed by atoms with E-state index < -0.39 is 5.97 Å². The average molecular weight is 253 g/mol. The van der Waals surface area contributed by atoms with E-state index in [1.165, 1.54) is 4.40 Å². The van der Waals surface area contributed by atoms with Crippen LogP contribution >= 0.6 is 0 Å². The SMILES string of the molecule is Cc1cccc(-c2nc(C(=O)O)n3cccnc23)c1. The molecule has 1 aromatic carbocycles. The number of hydrogen-bond acceptors (Lipinski definition) is 3. The molecule has 1 N–H and O–H groups in total. The van der Waals surface area contributed by atoms with Gasteiger partial charge < -0.3 is 5.11 Å². The molecule has 0 bridgehead atoms. The number of carbonyl (C=O) groups is 1. The summed E-state index contributed by atoms with van der Waals surface area (Å²) in [6.07, 6.45) is 3.28. The van der Waals surface area contributed by atoms with Crippen LogP contribution < -0.4 is 0 Å². The van der Waals surface area contributed by atoms with Gasteiger partial charge in [-0.25, -0.2) is 14.8 Å². The van der Waals surface area contributed by atoms with Crippen molar-refractivity contribution >= 4 is 11.6 Å². The number of aromatic carboxylic acids is 1. The lowest BCUT2D eigenvalue weighted by molar-refractivity contribution is 0.0683. The molecule has 0 atom stereocenters. The van der Waals surface area contributed by atoms with Gasteiger partial charge in [0.25, 0.3) is 0 Å². The number of aromatic nitrogens is 3. The van der Waals surface area contributed by atoms with Gasteiger partial charge in [-0.15, -0.1) is 0 Å². The van der Waals surface area contributed by atoms with Gasteiger partial charge in [-0.1, -0.05) is 23.8 Å². The van der Waals surface area contributed by atoms with E-state index in [4.69, 9.17) is 0 Å². The molecule has 0 spiro atoms. The number of imidazole rings is 1. The first kappa shape index (κ1) is 11.4. The summed E-state index contributed by atoms with van der Waals surface area (Å²) in [4.78, 5) is 19.6. The van der Waals surface area contributed by atoms with Crippen molar-refractivity contribution in [2.75, 3.05) is 0 Å². The van der Waals surface area contributed by atoms with E-state index in [-0.39, 0.29) is 5.82 Å². The van der Waals surface area contributed by atoms with Gasteiger partial charge in [0.2, 0.25) is 5.82 Å². The van der Waals surface area contributed by atoms with E-state index >= 15 is 0 Å². The minimum Gasteiger partial charge on any atom is -0.475 e. The van der Waals surface area contributed by atoms with Crippen LogP contribution in [-0.2, 0) is 0 Å². The van der Waals surface area contributed by atoms with Crippen LogP contribution in [0.2, 0.25) is 0 Å². The highest BCUT2D eigenvalue weighted by Crippen LogP contribution is 2.24. The molecule has 0 unspecified atom stereocenters. The molecule has 0 aliphatic carbocycles. The van der Waals surface area contributed by atoms with Gasteiger partial charge in [0, 0.05) is 18.0 Å². The van der Waals surface area contributed by atoms with Gasteiger partial charge in [0.15, 0.2) is 5.65 Å². The molecular formula is C14H11N3O2. The van der Waals surface area contributed by atoms with E-state index in [1.807, 2.05) is 31.2 Å². The van der Waals surface area contributed by atoms with E-state index in [2.05, 4.69) is 9.97 Å². The fraction of sp³-hybridized carbons (Fsp3) is 0.0714. The van der Waals surface area contributed by atoms with Crippen molar-refractivity contribution in [2.45, 2.75) is 6.92 Å². The highest BCUT2D eigenvalue weighted by atomic mass is 16.4. The lowest BCUT2D eigenvalue weighted by atomic mass is 10.1. The average Bonchev–Trinajstić information content (AvgIpc) is 2.78. The first-order valence-corrected chi connectivity index (χ1v) is 5.80. The molecule has 5 nitrogen and oxygen atoms in total. The number of carboxylic acids is 1. The molecule has 0 aliphatic heterocycles. The zero-order valence-electron chi connectivity index (χ0n) is 10.2. The Balaban J connectivity index is 2.33. The molecule has 3 rings (SSSR count). The van der Waals surface area contributed by atoms with Crippen molar-refractivity contribution in [2.24, 2.45) is 0 Å². The first-order valence-electron chi connectivity index (χ1n) is 5.80. The predicted octanol–water partition coefficient (Wildman–Crippen LogP) is 2.40. The summed E-state index contributed by atoms with van der Waals surface area (Å²) in [5.41, 5.74) is 3.09. The van der Waals surface area contributed by atoms with E-state index in [0.717, 1.165) is 11.1 Å². The minimum absolute atomic E-state index is 0.0281. The molecule has 19 heavy (non-hydrogen) atoms. The smallest absolute Gasteiger partial charge is 0.372 e. The summed E-state index contributed by atoms with van der Waals surface area (Å²) < 4.78 is 1.49. The molecule has 3 aromatic rings. The van der Waals surface area contributed by atoms with Gasteiger partial charge >= 0.3 is 5.97 Å². The number of rotatable bonds is 2. The van der Waals surface area contributed by atoms with Crippen molar-refractivity contribution < 1.29 is 9.90 Å². The molecule has 94 valence electrons. The van der Waals surface area contributed by atoms with Crippen LogP contribution in [0.4, 0.5) is 0 Å². The number of aryl methyl sites for hydroxylation is 1. The summed E-state index contributed by atoms with van der Waals surface area (Å²) in [6.45, 7) is 1.98. The topological polar surface area (TPSA) is 67.5 Å². The quantitative estimate of drug-likeness (QED) is 0.761. The Kier molecular flexibility index (Phi) is 2.52. The molecule has 0 aliphatic rings. The third kappa shape index (κ3) is 1.85. The Bertz CT molecular complexity index is 777. The fourth-order valence-electron chi connectivity index (χ4n) is 2.06. The summed E-state index contributed by atoms with van der Waals surface area (Å²) in [6, 6.07) is 9.44. The molecule has 2 aromatic heterocycles. The van der Waals surface area contributed by atoms with Gasteiger partial charge in [0.1, 0.15) is 5.69 Å². The molecule has 0 fully saturated rings. The molecule has 2 heterocycles. The maximum atomic E-state index is 11.2. The predicted molar refractivity (Wildman–Crippen MR) is 70.1 cm³/mol. The van der Waals surface area contributed by atoms with Crippen molar-refractivity contribution in [1.82, 2.24) is 14.4 Å². The Morgan fingerprint density at radius 2 is 2.16 bits per heavy atom. The summed E-state index contributed by atoms with van der Waals surface area (Å²) in [7, 11) is 0. The van der Waals surface area contributed by atoms with Crippen LogP contribution in [0.15, 0.2) is 42.7 Å². The van der Waals surface area contributed by atoms with Crippen LogP contribution in [0, 0.1) is 6.92 Å². The third-order valence-corrected chi connectivity index (χ3v) is 2.89. The van der Waals surface area contributed by atoms with Crippen LogP contribution in [0.3, 0.4) is 0 Å². The zero-order valence-corrected chi connectivity index (χ0v) is 10.2. The largest absolute Gasteiger partial charge is 0.475 e. The van der Waals surface area contributed by atoms with Crippen molar-refractivity contribution in [3.05, 3.63) is 54.1 Å². The van der Waals surface area contributed by atoms with Crippen molar-refractivity contribution in [3.63, 3.8) is 0 Å². The second kappa shape index (κ2) is 4.20. The standard InChI is InChI=1S/C14H11N3O2/c1-9-4-2-5-10(8-9)11-12-15-6-3-7-17(12)13(16-11)14(18)19/h2-8H,1H3,(H,18,19). The first-order chi connectivity index (χ1) is 9.16.